The molecule has 0 saturated heterocycles. The number of amides is 1. The highest BCUT2D eigenvalue weighted by Crippen LogP contribution is 2.16. The molecule has 0 bridgehead atoms. The Hall–Kier alpha value is -2.15. The van der Waals surface area contributed by atoms with Gasteiger partial charge in [-0.1, -0.05) is 11.6 Å². The first-order valence-electron chi connectivity index (χ1n) is 6.58. The van der Waals surface area contributed by atoms with Crippen LogP contribution in [0.5, 0.6) is 0 Å². The Kier molecular flexibility index (Phi) is 5.48. The average molecular weight is 325 g/mol. The highest BCUT2D eigenvalue weighted by molar-refractivity contribution is 7.90. The molecule has 0 aliphatic carbocycles. The topological polar surface area (TPSA) is 101 Å². The minimum atomic E-state index is -3.62. The highest BCUT2D eigenvalue weighted by atomic mass is 32.2. The maximum absolute atomic E-state index is 12.2. The van der Waals surface area contributed by atoms with Crippen molar-refractivity contribution in [3.8, 4) is 0 Å². The first-order chi connectivity index (χ1) is 10.1. The fourth-order valence-electron chi connectivity index (χ4n) is 1.71. The van der Waals surface area contributed by atoms with Crippen LogP contribution in [-0.4, -0.2) is 37.7 Å². The molecule has 0 aliphatic heterocycles. The second kappa shape index (κ2) is 6.74. The number of hydrogen-bond acceptors (Lipinski definition) is 4. The van der Waals surface area contributed by atoms with Crippen LogP contribution < -0.4 is 5.32 Å². The van der Waals surface area contributed by atoms with Crippen molar-refractivity contribution >= 4 is 21.7 Å². The first kappa shape index (κ1) is 17.9. The number of nitrogens with one attached hydrogen (secondary N) is 1. The van der Waals surface area contributed by atoms with E-state index in [1.54, 1.807) is 6.92 Å². The third kappa shape index (κ3) is 4.42. The number of carbonyl (C=O) groups is 2. The van der Waals surface area contributed by atoms with Gasteiger partial charge in [-0.25, -0.2) is 13.2 Å². The van der Waals surface area contributed by atoms with E-state index in [-0.39, 0.29) is 22.1 Å². The Bertz CT molecular complexity index is 734. The monoisotopic (exact) mass is 325 g/mol. The molecule has 120 valence electrons. The lowest BCUT2D eigenvalue weighted by molar-refractivity contribution is 0.0696. The second-order valence-corrected chi connectivity index (χ2v) is 7.07. The van der Waals surface area contributed by atoms with Gasteiger partial charge < -0.3 is 10.4 Å². The van der Waals surface area contributed by atoms with Crippen molar-refractivity contribution in [2.24, 2.45) is 0 Å². The quantitative estimate of drug-likeness (QED) is 0.805. The molecule has 1 rings (SSSR count). The van der Waals surface area contributed by atoms with E-state index in [4.69, 9.17) is 5.11 Å². The molecule has 0 radical (unpaired) electrons. The van der Waals surface area contributed by atoms with Crippen molar-refractivity contribution in [1.29, 1.82) is 0 Å². The van der Waals surface area contributed by atoms with Crippen molar-refractivity contribution in [3.63, 3.8) is 0 Å². The van der Waals surface area contributed by atoms with Crippen molar-refractivity contribution in [2.75, 3.05) is 6.26 Å². The van der Waals surface area contributed by atoms with Crippen LogP contribution in [0, 0.1) is 0 Å². The Morgan fingerprint density at radius 2 is 1.77 bits per heavy atom. The molecule has 0 aliphatic rings. The van der Waals surface area contributed by atoms with Gasteiger partial charge in [0.25, 0.3) is 5.91 Å². The summed E-state index contributed by atoms with van der Waals surface area (Å²) in [6.45, 7) is 5.47. The minimum absolute atomic E-state index is 0.00363. The molecule has 2 N–H and O–H groups in total. The fourth-order valence-corrected chi connectivity index (χ4v) is 2.39. The van der Waals surface area contributed by atoms with Crippen LogP contribution in [0.1, 0.15) is 41.5 Å². The zero-order valence-corrected chi connectivity index (χ0v) is 13.7. The van der Waals surface area contributed by atoms with Crippen LogP contribution in [0.2, 0.25) is 0 Å². The number of sulfone groups is 1. The van der Waals surface area contributed by atoms with Gasteiger partial charge in [0.1, 0.15) is 0 Å². The van der Waals surface area contributed by atoms with Crippen LogP contribution in [0.4, 0.5) is 0 Å². The standard InChI is InChI=1S/C15H19NO5S/c1-5-9(2)10(3)16-14(17)11-6-12(15(18)19)8-13(7-11)22(4,20)21/h5-8,10H,1-4H3,(H,16,17)(H,18,19). The van der Waals surface area contributed by atoms with Gasteiger partial charge >= 0.3 is 5.97 Å². The van der Waals surface area contributed by atoms with Crippen molar-refractivity contribution in [2.45, 2.75) is 31.7 Å². The summed E-state index contributed by atoms with van der Waals surface area (Å²) in [7, 11) is -3.62. The summed E-state index contributed by atoms with van der Waals surface area (Å²) in [5, 5.41) is 11.8. The summed E-state index contributed by atoms with van der Waals surface area (Å²) < 4.78 is 23.3. The van der Waals surface area contributed by atoms with Crippen LogP contribution in [0.25, 0.3) is 0 Å². The maximum Gasteiger partial charge on any atom is 0.335 e. The van der Waals surface area contributed by atoms with E-state index in [1.165, 1.54) is 6.07 Å². The lowest BCUT2D eigenvalue weighted by Crippen LogP contribution is -2.33. The van der Waals surface area contributed by atoms with E-state index >= 15 is 0 Å². The van der Waals surface area contributed by atoms with Gasteiger partial charge in [-0.15, -0.1) is 0 Å². The summed E-state index contributed by atoms with van der Waals surface area (Å²) in [5.74, 6) is -1.82. The van der Waals surface area contributed by atoms with E-state index in [0.29, 0.717) is 0 Å². The van der Waals surface area contributed by atoms with Gasteiger partial charge in [-0.2, -0.15) is 0 Å². The number of allylic oxidation sites excluding steroid dienone is 1. The van der Waals surface area contributed by atoms with Gasteiger partial charge in [-0.05, 0) is 39.0 Å². The largest absolute Gasteiger partial charge is 0.478 e. The van der Waals surface area contributed by atoms with Crippen LogP contribution in [-0.2, 0) is 9.84 Å². The van der Waals surface area contributed by atoms with Crippen molar-refractivity contribution < 1.29 is 23.1 Å². The number of benzene rings is 1. The molecule has 1 amide bonds. The minimum Gasteiger partial charge on any atom is -0.478 e. The Balaban J connectivity index is 3.26. The molecule has 1 aromatic rings. The molecule has 22 heavy (non-hydrogen) atoms. The van der Waals surface area contributed by atoms with Crippen molar-refractivity contribution in [3.05, 3.63) is 41.0 Å². The van der Waals surface area contributed by atoms with Gasteiger partial charge in [0, 0.05) is 17.9 Å². The predicted octanol–water partition coefficient (Wildman–Crippen LogP) is 1.87. The lowest BCUT2D eigenvalue weighted by atomic mass is 10.1. The van der Waals surface area contributed by atoms with Gasteiger partial charge in [0.2, 0.25) is 0 Å². The molecule has 0 heterocycles. The Labute approximate surface area is 129 Å². The van der Waals surface area contributed by atoms with E-state index < -0.39 is 21.7 Å². The summed E-state index contributed by atoms with van der Waals surface area (Å²) in [5.41, 5.74) is 0.686. The second-order valence-electron chi connectivity index (χ2n) is 5.05. The van der Waals surface area contributed by atoms with Crippen molar-refractivity contribution in [1.82, 2.24) is 5.32 Å². The van der Waals surface area contributed by atoms with E-state index in [0.717, 1.165) is 24.0 Å². The number of aromatic carboxylic acids is 1. The number of rotatable bonds is 5. The smallest absolute Gasteiger partial charge is 0.335 e. The summed E-state index contributed by atoms with van der Waals surface area (Å²) in [6.07, 6.45) is 2.81. The molecule has 1 unspecified atom stereocenters. The lowest BCUT2D eigenvalue weighted by Gasteiger charge is -2.15. The zero-order valence-electron chi connectivity index (χ0n) is 12.9. The summed E-state index contributed by atoms with van der Waals surface area (Å²) in [4.78, 5) is 23.1. The Morgan fingerprint density at radius 3 is 2.23 bits per heavy atom. The first-order valence-corrected chi connectivity index (χ1v) is 8.47. The predicted molar refractivity (Wildman–Crippen MR) is 82.9 cm³/mol. The summed E-state index contributed by atoms with van der Waals surface area (Å²) >= 11 is 0. The zero-order chi connectivity index (χ0) is 17.1. The third-order valence-electron chi connectivity index (χ3n) is 3.33. The summed E-state index contributed by atoms with van der Waals surface area (Å²) in [6, 6.07) is 3.13. The number of carbonyl (C=O) groups excluding carboxylic acids is 1. The molecule has 6 nitrogen and oxygen atoms in total. The molecular formula is C15H19NO5S. The van der Waals surface area contributed by atoms with E-state index in [1.807, 2.05) is 19.9 Å². The number of carboxylic acid groups (broad SMARTS) is 1. The molecule has 0 aromatic heterocycles. The fraction of sp³-hybridized carbons (Fsp3) is 0.333. The Morgan fingerprint density at radius 1 is 1.23 bits per heavy atom. The van der Waals surface area contributed by atoms with Gasteiger partial charge in [-0.3, -0.25) is 4.79 Å². The van der Waals surface area contributed by atoms with Crippen LogP contribution in [0.15, 0.2) is 34.7 Å². The molecule has 7 heteroatoms. The molecule has 1 atom stereocenters. The van der Waals surface area contributed by atoms with Gasteiger partial charge in [0.05, 0.1) is 10.5 Å². The molecule has 0 saturated carbocycles. The molecule has 0 spiro atoms. The average Bonchev–Trinajstić information content (AvgIpc) is 2.44. The molecule has 1 aromatic carbocycles. The molecular weight excluding hydrogens is 306 g/mol. The highest BCUT2D eigenvalue weighted by Gasteiger charge is 2.18. The SMILES string of the molecule is CC=C(C)C(C)NC(=O)c1cc(C(=O)O)cc(S(C)(=O)=O)c1. The van der Waals surface area contributed by atoms with E-state index in [9.17, 15) is 18.0 Å². The maximum atomic E-state index is 12.2. The number of hydrogen-bond donors (Lipinski definition) is 2. The van der Waals surface area contributed by atoms with Gasteiger partial charge in [0.15, 0.2) is 9.84 Å². The van der Waals surface area contributed by atoms with Crippen LogP contribution >= 0.6 is 0 Å². The number of carboxylic acids is 1. The van der Waals surface area contributed by atoms with Crippen LogP contribution in [0.3, 0.4) is 0 Å². The normalized spacial score (nSPS) is 13.5. The molecule has 0 fully saturated rings. The third-order valence-corrected chi connectivity index (χ3v) is 4.42. The van der Waals surface area contributed by atoms with E-state index in [2.05, 4.69) is 5.32 Å².